The summed E-state index contributed by atoms with van der Waals surface area (Å²) in [4.78, 5) is 12.2. The predicted octanol–water partition coefficient (Wildman–Crippen LogP) is 1.49. The Bertz CT molecular complexity index is 464. The number of carbonyl (C=O) groups excluding carboxylic acids is 1. The zero-order valence-corrected chi connectivity index (χ0v) is 12.3. The zero-order valence-electron chi connectivity index (χ0n) is 12.3. The van der Waals surface area contributed by atoms with E-state index in [4.69, 9.17) is 10.5 Å². The van der Waals surface area contributed by atoms with Crippen LogP contribution in [0.25, 0.3) is 0 Å². The molecule has 6 heteroatoms. The quantitative estimate of drug-likeness (QED) is 0.762. The summed E-state index contributed by atoms with van der Waals surface area (Å²) in [6.07, 6.45) is 3.70. The second kappa shape index (κ2) is 6.26. The minimum Gasteiger partial charge on any atom is -0.395 e. The second-order valence-electron chi connectivity index (χ2n) is 5.82. The SMILES string of the molecule is CCCc1[nH]nc(C(=O)NCC2(C)CCOCC2)c1N. The standard InChI is InChI=1S/C14H24N4O2/c1-3-4-10-11(15)12(18-17-10)13(19)16-9-14(2)5-7-20-8-6-14/h3-9,15H2,1-2H3,(H,16,19)(H,17,18). The zero-order chi connectivity index (χ0) is 14.6. The van der Waals surface area contributed by atoms with Gasteiger partial charge in [-0.1, -0.05) is 20.3 Å². The highest BCUT2D eigenvalue weighted by Crippen LogP contribution is 2.28. The number of H-pyrrole nitrogens is 1. The van der Waals surface area contributed by atoms with Crippen molar-refractivity contribution in [2.45, 2.75) is 39.5 Å². The molecule has 1 aromatic heterocycles. The second-order valence-corrected chi connectivity index (χ2v) is 5.82. The third-order valence-corrected chi connectivity index (χ3v) is 3.97. The molecule has 4 N–H and O–H groups in total. The van der Waals surface area contributed by atoms with Crippen molar-refractivity contribution >= 4 is 11.6 Å². The number of ether oxygens (including phenoxy) is 1. The molecule has 0 bridgehead atoms. The Morgan fingerprint density at radius 3 is 2.85 bits per heavy atom. The van der Waals surface area contributed by atoms with Crippen LogP contribution < -0.4 is 11.1 Å². The fourth-order valence-corrected chi connectivity index (χ4v) is 2.42. The van der Waals surface area contributed by atoms with Crippen LogP contribution in [0.4, 0.5) is 5.69 Å². The molecule has 1 fully saturated rings. The molecule has 1 aliphatic heterocycles. The van der Waals surface area contributed by atoms with Crippen molar-refractivity contribution in [3.63, 3.8) is 0 Å². The number of rotatable bonds is 5. The summed E-state index contributed by atoms with van der Waals surface area (Å²) in [5, 5.41) is 9.83. The first-order valence-corrected chi connectivity index (χ1v) is 7.24. The summed E-state index contributed by atoms with van der Waals surface area (Å²) >= 11 is 0. The first-order chi connectivity index (χ1) is 9.56. The summed E-state index contributed by atoms with van der Waals surface area (Å²) in [6.45, 7) is 6.39. The number of hydrogen-bond acceptors (Lipinski definition) is 4. The van der Waals surface area contributed by atoms with Crippen molar-refractivity contribution in [2.75, 3.05) is 25.5 Å². The number of aromatic amines is 1. The number of nitrogen functional groups attached to an aromatic ring is 1. The maximum atomic E-state index is 12.2. The summed E-state index contributed by atoms with van der Waals surface area (Å²) in [5.41, 5.74) is 7.69. The Morgan fingerprint density at radius 1 is 1.50 bits per heavy atom. The Labute approximate surface area is 119 Å². The molecule has 1 aliphatic rings. The molecule has 2 rings (SSSR count). The van der Waals surface area contributed by atoms with Crippen LogP contribution in [0.1, 0.15) is 49.3 Å². The first-order valence-electron chi connectivity index (χ1n) is 7.24. The number of amides is 1. The van der Waals surface area contributed by atoms with Gasteiger partial charge in [-0.25, -0.2) is 0 Å². The molecular formula is C14H24N4O2. The molecule has 0 radical (unpaired) electrons. The predicted molar refractivity (Wildman–Crippen MR) is 77.5 cm³/mol. The van der Waals surface area contributed by atoms with Gasteiger partial charge in [-0.2, -0.15) is 5.10 Å². The number of hydrogen-bond donors (Lipinski definition) is 3. The van der Waals surface area contributed by atoms with Gasteiger partial charge in [-0.15, -0.1) is 0 Å². The lowest BCUT2D eigenvalue weighted by Gasteiger charge is -2.33. The first kappa shape index (κ1) is 14.8. The molecule has 1 amide bonds. The van der Waals surface area contributed by atoms with Gasteiger partial charge in [0.15, 0.2) is 5.69 Å². The van der Waals surface area contributed by atoms with Crippen LogP contribution in [0.2, 0.25) is 0 Å². The normalized spacial score (nSPS) is 17.9. The van der Waals surface area contributed by atoms with Gasteiger partial charge in [-0.05, 0) is 24.7 Å². The molecule has 1 saturated heterocycles. The molecule has 0 aromatic carbocycles. The molecule has 0 unspecified atom stereocenters. The van der Waals surface area contributed by atoms with Crippen molar-refractivity contribution in [1.82, 2.24) is 15.5 Å². The number of nitrogens with two attached hydrogens (primary N) is 1. The largest absolute Gasteiger partial charge is 0.395 e. The summed E-state index contributed by atoms with van der Waals surface area (Å²) < 4.78 is 5.36. The maximum Gasteiger partial charge on any atom is 0.273 e. The fraction of sp³-hybridized carbons (Fsp3) is 0.714. The Balaban J connectivity index is 1.94. The van der Waals surface area contributed by atoms with Crippen LogP contribution in [0, 0.1) is 5.41 Å². The van der Waals surface area contributed by atoms with Crippen molar-refractivity contribution in [3.8, 4) is 0 Å². The lowest BCUT2D eigenvalue weighted by atomic mass is 9.82. The monoisotopic (exact) mass is 280 g/mol. The Kier molecular flexibility index (Phi) is 4.65. The van der Waals surface area contributed by atoms with E-state index in [0.717, 1.165) is 44.6 Å². The van der Waals surface area contributed by atoms with Crippen LogP contribution in [0.5, 0.6) is 0 Å². The van der Waals surface area contributed by atoms with Gasteiger partial charge in [0.2, 0.25) is 0 Å². The van der Waals surface area contributed by atoms with Crippen LogP contribution in [-0.2, 0) is 11.2 Å². The highest BCUT2D eigenvalue weighted by molar-refractivity contribution is 5.97. The van der Waals surface area contributed by atoms with E-state index in [1.807, 2.05) is 0 Å². The summed E-state index contributed by atoms with van der Waals surface area (Å²) in [6, 6.07) is 0. The average Bonchev–Trinajstić information content (AvgIpc) is 2.79. The Hall–Kier alpha value is -1.56. The lowest BCUT2D eigenvalue weighted by molar-refractivity contribution is 0.0238. The smallest absolute Gasteiger partial charge is 0.273 e. The molecule has 0 atom stereocenters. The van der Waals surface area contributed by atoms with Crippen molar-refractivity contribution in [3.05, 3.63) is 11.4 Å². The third-order valence-electron chi connectivity index (χ3n) is 3.97. The van der Waals surface area contributed by atoms with Gasteiger partial charge in [0.1, 0.15) is 0 Å². The van der Waals surface area contributed by atoms with Crippen molar-refractivity contribution in [2.24, 2.45) is 5.41 Å². The highest BCUT2D eigenvalue weighted by atomic mass is 16.5. The number of anilines is 1. The summed E-state index contributed by atoms with van der Waals surface area (Å²) in [7, 11) is 0. The maximum absolute atomic E-state index is 12.2. The number of nitrogens with zero attached hydrogens (tertiary/aromatic N) is 1. The van der Waals surface area contributed by atoms with E-state index >= 15 is 0 Å². The van der Waals surface area contributed by atoms with E-state index in [9.17, 15) is 4.79 Å². The molecule has 0 spiro atoms. The molecule has 2 heterocycles. The van der Waals surface area contributed by atoms with Crippen LogP contribution in [0.3, 0.4) is 0 Å². The van der Waals surface area contributed by atoms with Crippen LogP contribution in [0.15, 0.2) is 0 Å². The number of aryl methyl sites for hydroxylation is 1. The van der Waals surface area contributed by atoms with Gasteiger partial charge < -0.3 is 15.8 Å². The topological polar surface area (TPSA) is 93.0 Å². The van der Waals surface area contributed by atoms with E-state index in [2.05, 4.69) is 29.4 Å². The van der Waals surface area contributed by atoms with Gasteiger partial charge in [0.05, 0.1) is 11.4 Å². The molecule has 20 heavy (non-hydrogen) atoms. The van der Waals surface area contributed by atoms with Gasteiger partial charge in [-0.3, -0.25) is 9.89 Å². The van der Waals surface area contributed by atoms with Crippen LogP contribution >= 0.6 is 0 Å². The lowest BCUT2D eigenvalue weighted by Crippen LogP contribution is -2.39. The third kappa shape index (κ3) is 3.30. The van der Waals surface area contributed by atoms with Gasteiger partial charge in [0.25, 0.3) is 5.91 Å². The van der Waals surface area contributed by atoms with E-state index in [1.54, 1.807) is 0 Å². The minimum absolute atomic E-state index is 0.102. The number of aromatic nitrogens is 2. The van der Waals surface area contributed by atoms with E-state index in [0.29, 0.717) is 17.9 Å². The average molecular weight is 280 g/mol. The molecular weight excluding hydrogens is 256 g/mol. The minimum atomic E-state index is -0.200. The van der Waals surface area contributed by atoms with Crippen molar-refractivity contribution < 1.29 is 9.53 Å². The molecule has 112 valence electrons. The number of nitrogens with one attached hydrogen (secondary N) is 2. The molecule has 1 aromatic rings. The highest BCUT2D eigenvalue weighted by Gasteiger charge is 2.28. The molecule has 0 saturated carbocycles. The summed E-state index contributed by atoms with van der Waals surface area (Å²) in [5.74, 6) is -0.200. The van der Waals surface area contributed by atoms with Gasteiger partial charge >= 0.3 is 0 Å². The fourth-order valence-electron chi connectivity index (χ4n) is 2.42. The molecule has 6 nitrogen and oxygen atoms in total. The van der Waals surface area contributed by atoms with Crippen molar-refractivity contribution in [1.29, 1.82) is 0 Å². The molecule has 0 aliphatic carbocycles. The Morgan fingerprint density at radius 2 is 2.20 bits per heavy atom. The van der Waals surface area contributed by atoms with Crippen LogP contribution in [-0.4, -0.2) is 35.9 Å². The number of carbonyl (C=O) groups is 1. The van der Waals surface area contributed by atoms with Gasteiger partial charge in [0, 0.05) is 19.8 Å². The van der Waals surface area contributed by atoms with E-state index in [1.165, 1.54) is 0 Å². The van der Waals surface area contributed by atoms with E-state index < -0.39 is 0 Å². The van der Waals surface area contributed by atoms with E-state index in [-0.39, 0.29) is 11.3 Å².